The minimum Gasteiger partial charge on any atom is -0.287 e. The molecule has 0 aliphatic rings. The minimum atomic E-state index is -0.264. The zero-order valence-electron chi connectivity index (χ0n) is 6.07. The van der Waals surface area contributed by atoms with Gasteiger partial charge < -0.3 is 0 Å². The van der Waals surface area contributed by atoms with Gasteiger partial charge in [-0.05, 0) is 12.1 Å². The monoisotopic (exact) mass is 164 g/mol. The molecule has 1 heterocycles. The SMILES string of the molecule is O=c1cnn(F)c2ccccc12. The maximum absolute atomic E-state index is 12.8. The molecule has 2 aromatic rings. The van der Waals surface area contributed by atoms with Crippen molar-refractivity contribution in [2.75, 3.05) is 0 Å². The average molecular weight is 164 g/mol. The number of hydrogen-bond acceptors (Lipinski definition) is 2. The van der Waals surface area contributed by atoms with Crippen LogP contribution in [0.3, 0.4) is 0 Å². The first-order valence-electron chi connectivity index (χ1n) is 3.42. The number of para-hydroxylation sites is 1. The van der Waals surface area contributed by atoms with Crippen LogP contribution < -0.4 is 5.43 Å². The molecule has 0 aliphatic carbocycles. The second-order valence-electron chi connectivity index (χ2n) is 2.39. The molecule has 1 aromatic heterocycles. The van der Waals surface area contributed by atoms with Crippen LogP contribution >= 0.6 is 0 Å². The molecule has 0 bridgehead atoms. The van der Waals surface area contributed by atoms with E-state index in [9.17, 15) is 9.28 Å². The lowest BCUT2D eigenvalue weighted by Crippen LogP contribution is -2.06. The van der Waals surface area contributed by atoms with Gasteiger partial charge in [-0.25, -0.2) is 0 Å². The summed E-state index contributed by atoms with van der Waals surface area (Å²) in [4.78, 5) is 11.3. The van der Waals surface area contributed by atoms with Gasteiger partial charge in [-0.15, -0.1) is 5.10 Å². The maximum Gasteiger partial charge on any atom is 0.208 e. The molecule has 0 saturated carbocycles. The number of aromatic nitrogens is 2. The second-order valence-corrected chi connectivity index (χ2v) is 2.39. The Kier molecular flexibility index (Phi) is 1.40. The Morgan fingerprint density at radius 2 is 2.08 bits per heavy atom. The number of benzene rings is 1. The Balaban J connectivity index is 3.05. The molecule has 60 valence electrons. The number of nitrogens with zero attached hydrogens (tertiary/aromatic N) is 2. The van der Waals surface area contributed by atoms with Crippen molar-refractivity contribution in [1.29, 1.82) is 0 Å². The summed E-state index contributed by atoms with van der Waals surface area (Å²) >= 11 is 0. The van der Waals surface area contributed by atoms with Gasteiger partial charge in [0.1, 0.15) is 5.52 Å². The third kappa shape index (κ3) is 0.887. The Hall–Kier alpha value is -1.71. The van der Waals surface area contributed by atoms with Crippen LogP contribution in [0.2, 0.25) is 0 Å². The van der Waals surface area contributed by atoms with Crippen molar-refractivity contribution in [1.82, 2.24) is 10.0 Å². The fourth-order valence-electron chi connectivity index (χ4n) is 1.08. The van der Waals surface area contributed by atoms with Crippen molar-refractivity contribution >= 4 is 10.9 Å². The van der Waals surface area contributed by atoms with E-state index < -0.39 is 0 Å². The summed E-state index contributed by atoms with van der Waals surface area (Å²) in [5, 5.41) is 3.59. The molecule has 0 unspecified atom stereocenters. The van der Waals surface area contributed by atoms with E-state index in [2.05, 4.69) is 5.10 Å². The van der Waals surface area contributed by atoms with E-state index in [-0.39, 0.29) is 15.8 Å². The van der Waals surface area contributed by atoms with Crippen molar-refractivity contribution in [3.63, 3.8) is 0 Å². The fourth-order valence-corrected chi connectivity index (χ4v) is 1.08. The molecule has 0 spiro atoms. The van der Waals surface area contributed by atoms with Crippen molar-refractivity contribution in [3.8, 4) is 0 Å². The van der Waals surface area contributed by atoms with Crippen LogP contribution in [0.1, 0.15) is 0 Å². The third-order valence-corrected chi connectivity index (χ3v) is 1.64. The summed E-state index contributed by atoms with van der Waals surface area (Å²) < 4.78 is 12.8. The van der Waals surface area contributed by atoms with Crippen LogP contribution in [0, 0.1) is 0 Å². The molecule has 4 heteroatoms. The van der Waals surface area contributed by atoms with E-state index >= 15 is 0 Å². The van der Waals surface area contributed by atoms with Gasteiger partial charge in [0.15, 0.2) is 0 Å². The van der Waals surface area contributed by atoms with E-state index in [0.717, 1.165) is 6.20 Å². The van der Waals surface area contributed by atoms with Crippen LogP contribution in [0.5, 0.6) is 0 Å². The quantitative estimate of drug-likeness (QED) is 0.585. The summed E-state index contributed by atoms with van der Waals surface area (Å²) in [5.41, 5.74) is -0.0653. The lowest BCUT2D eigenvalue weighted by atomic mass is 10.2. The van der Waals surface area contributed by atoms with Crippen LogP contribution in [0.15, 0.2) is 35.3 Å². The van der Waals surface area contributed by atoms with Gasteiger partial charge >= 0.3 is 0 Å². The molecule has 0 saturated heterocycles. The largest absolute Gasteiger partial charge is 0.287 e. The normalized spacial score (nSPS) is 10.4. The van der Waals surface area contributed by atoms with Gasteiger partial charge in [-0.1, -0.05) is 21.5 Å². The molecular formula is C8H5FN2O. The Morgan fingerprint density at radius 1 is 1.33 bits per heavy atom. The molecule has 0 N–H and O–H groups in total. The highest BCUT2D eigenvalue weighted by Gasteiger charge is 2.00. The zero-order chi connectivity index (χ0) is 8.55. The molecule has 2 rings (SSSR count). The van der Waals surface area contributed by atoms with Crippen LogP contribution in [-0.4, -0.2) is 10.0 Å². The first-order valence-corrected chi connectivity index (χ1v) is 3.42. The predicted octanol–water partition coefficient (Wildman–Crippen LogP) is 1.13. The highest BCUT2D eigenvalue weighted by Crippen LogP contribution is 2.06. The molecule has 3 nitrogen and oxygen atoms in total. The molecule has 12 heavy (non-hydrogen) atoms. The summed E-state index contributed by atoms with van der Waals surface area (Å²) in [7, 11) is 0. The number of halogens is 1. The van der Waals surface area contributed by atoms with E-state index in [4.69, 9.17) is 0 Å². The molecule has 1 aromatic carbocycles. The topological polar surface area (TPSA) is 34.9 Å². The van der Waals surface area contributed by atoms with Gasteiger partial charge in [0, 0.05) is 0 Å². The fraction of sp³-hybridized carbons (Fsp3) is 0. The van der Waals surface area contributed by atoms with Gasteiger partial charge in [-0.2, -0.15) is 0 Å². The Bertz CT molecular complexity index is 478. The first-order chi connectivity index (χ1) is 5.79. The summed E-state index contributed by atoms with van der Waals surface area (Å²) in [6, 6.07) is 6.41. The predicted molar refractivity (Wildman–Crippen MR) is 42.5 cm³/mol. The van der Waals surface area contributed by atoms with Crippen molar-refractivity contribution in [2.45, 2.75) is 0 Å². The van der Waals surface area contributed by atoms with E-state index in [1.165, 1.54) is 6.07 Å². The molecule has 0 aliphatic heterocycles. The standard InChI is InChI=1S/C8H5FN2O/c9-11-7-4-2-1-3-6(7)8(12)5-10-11/h1-5H. The van der Waals surface area contributed by atoms with E-state index in [1.54, 1.807) is 18.2 Å². The lowest BCUT2D eigenvalue weighted by molar-refractivity contribution is 0.326. The van der Waals surface area contributed by atoms with Crippen molar-refractivity contribution in [3.05, 3.63) is 40.7 Å². The van der Waals surface area contributed by atoms with Gasteiger partial charge in [-0.3, -0.25) is 4.79 Å². The van der Waals surface area contributed by atoms with Crippen LogP contribution in [0.25, 0.3) is 10.9 Å². The summed E-state index contributed by atoms with van der Waals surface area (Å²) in [5.74, 6) is 0. The Labute approximate surface area is 67.0 Å². The molecule has 0 amide bonds. The maximum atomic E-state index is 12.8. The molecule has 0 radical (unpaired) electrons. The van der Waals surface area contributed by atoms with Crippen molar-refractivity contribution < 1.29 is 4.48 Å². The molecular weight excluding hydrogens is 159 g/mol. The smallest absolute Gasteiger partial charge is 0.208 e. The summed E-state index contributed by atoms with van der Waals surface area (Å²) in [6.45, 7) is 0. The van der Waals surface area contributed by atoms with Crippen LogP contribution in [0.4, 0.5) is 4.48 Å². The van der Waals surface area contributed by atoms with Crippen LogP contribution in [-0.2, 0) is 0 Å². The number of hydrogen-bond donors (Lipinski definition) is 0. The first kappa shape index (κ1) is 6.97. The van der Waals surface area contributed by atoms with E-state index in [0.29, 0.717) is 5.39 Å². The molecule has 0 atom stereocenters. The van der Waals surface area contributed by atoms with E-state index in [1.807, 2.05) is 0 Å². The van der Waals surface area contributed by atoms with Crippen molar-refractivity contribution in [2.24, 2.45) is 0 Å². The third-order valence-electron chi connectivity index (χ3n) is 1.64. The Morgan fingerprint density at radius 3 is 2.83 bits per heavy atom. The lowest BCUT2D eigenvalue weighted by Gasteiger charge is -1.96. The minimum absolute atomic E-state index is 0.191. The molecule has 0 fully saturated rings. The zero-order valence-corrected chi connectivity index (χ0v) is 6.07. The second kappa shape index (κ2) is 2.41. The number of rotatable bonds is 0. The van der Waals surface area contributed by atoms with Gasteiger partial charge in [0.25, 0.3) is 0 Å². The highest BCUT2D eigenvalue weighted by atomic mass is 19.2. The summed E-state index contributed by atoms with van der Waals surface area (Å²) in [6.07, 6.45) is 0.961. The van der Waals surface area contributed by atoms with Gasteiger partial charge in [0.2, 0.25) is 5.43 Å². The van der Waals surface area contributed by atoms with Gasteiger partial charge in [0.05, 0.1) is 11.6 Å². The average Bonchev–Trinajstić information content (AvgIpc) is 2.12. The number of fused-ring (bicyclic) bond motifs is 1. The highest BCUT2D eigenvalue weighted by molar-refractivity contribution is 5.77.